The minimum Gasteiger partial charge on any atom is -0.491 e. The first-order valence-corrected chi connectivity index (χ1v) is 22.9. The van der Waals surface area contributed by atoms with Gasteiger partial charge >= 0.3 is 59.7 Å². The number of hydrogen-bond donors (Lipinski definition) is 1. The molecule has 0 bridgehead atoms. The minimum absolute atomic E-state index is 0.0446. The second-order valence-electron chi connectivity index (χ2n) is 16.6. The van der Waals surface area contributed by atoms with Gasteiger partial charge in [-0.25, -0.2) is 18.4 Å². The molecule has 398 valence electrons. The molecule has 0 fully saturated rings. The molecule has 0 saturated heterocycles. The average molecular weight is 1060 g/mol. The van der Waals surface area contributed by atoms with Crippen LogP contribution in [0.5, 0.6) is 5.75 Å². The molecular weight excluding hydrogens is 1020 g/mol. The molecular formula is C43H48F19NO6Si. The van der Waals surface area contributed by atoms with Gasteiger partial charge in [0.1, 0.15) is 30.1 Å². The van der Waals surface area contributed by atoms with E-state index in [-0.39, 0.29) is 17.9 Å². The summed E-state index contributed by atoms with van der Waals surface area (Å²) < 4.78 is 286. The van der Waals surface area contributed by atoms with Gasteiger partial charge in [-0.1, -0.05) is 58.4 Å². The van der Waals surface area contributed by atoms with Crippen molar-refractivity contribution in [2.24, 2.45) is 5.92 Å². The summed E-state index contributed by atoms with van der Waals surface area (Å²) >= 11 is 0. The first-order valence-electron chi connectivity index (χ1n) is 20.7. The molecule has 7 nitrogen and oxygen atoms in total. The summed E-state index contributed by atoms with van der Waals surface area (Å²) in [5, 5.41) is 2.16. The van der Waals surface area contributed by atoms with E-state index in [1.807, 2.05) is 0 Å². The van der Waals surface area contributed by atoms with Gasteiger partial charge in [-0.05, 0) is 73.3 Å². The van der Waals surface area contributed by atoms with E-state index in [9.17, 15) is 84.2 Å². The molecule has 0 heterocycles. The number of alkyl halides is 17. The summed E-state index contributed by atoms with van der Waals surface area (Å²) in [6.07, 6.45) is -10.0. The molecule has 0 unspecified atom stereocenters. The number of anilines is 1. The minimum atomic E-state index is -8.72. The maximum Gasteiger partial charge on any atom is 0.460 e. The van der Waals surface area contributed by atoms with Crippen LogP contribution in [0.3, 0.4) is 0 Å². The van der Waals surface area contributed by atoms with Gasteiger partial charge in [0.25, 0.3) is 0 Å². The van der Waals surface area contributed by atoms with Crippen LogP contribution in [0.1, 0.15) is 73.5 Å². The third kappa shape index (κ3) is 12.7. The van der Waals surface area contributed by atoms with Crippen molar-refractivity contribution >= 4 is 26.1 Å². The van der Waals surface area contributed by atoms with E-state index >= 15 is 8.78 Å². The van der Waals surface area contributed by atoms with Gasteiger partial charge in [0.2, 0.25) is 0 Å². The number of carbonyl (C=O) groups is 2. The molecule has 1 amide bonds. The van der Waals surface area contributed by atoms with Gasteiger partial charge in [-0.3, -0.25) is 5.32 Å². The Morgan fingerprint density at radius 3 is 1.64 bits per heavy atom. The van der Waals surface area contributed by atoms with Crippen molar-refractivity contribution in [2.45, 2.75) is 133 Å². The number of halogens is 19. The zero-order chi connectivity index (χ0) is 54.4. The topological polar surface area (TPSA) is 83.1 Å². The van der Waals surface area contributed by atoms with E-state index in [0.29, 0.717) is 17.2 Å². The molecule has 0 radical (unpaired) electrons. The first-order chi connectivity index (χ1) is 31.6. The molecule has 70 heavy (non-hydrogen) atoms. The zero-order valence-corrected chi connectivity index (χ0v) is 39.2. The summed E-state index contributed by atoms with van der Waals surface area (Å²) in [4.78, 5) is 25.0. The Hall–Kier alpha value is -4.69. The summed E-state index contributed by atoms with van der Waals surface area (Å²) in [7, 11) is -4.07. The summed E-state index contributed by atoms with van der Waals surface area (Å²) in [5.41, 5.74) is -1.00. The van der Waals surface area contributed by atoms with Gasteiger partial charge in [-0.2, -0.15) is 74.6 Å². The number of hydrogen-bond acceptors (Lipinski definition) is 6. The molecule has 0 aliphatic carbocycles. The maximum atomic E-state index is 15.0. The van der Waals surface area contributed by atoms with Crippen molar-refractivity contribution in [2.75, 3.05) is 25.1 Å². The fraction of sp³-hybridized carbons (Fsp3) is 0.581. The third-order valence-electron chi connectivity index (χ3n) is 11.2. The van der Waals surface area contributed by atoms with Crippen molar-refractivity contribution in [3.05, 3.63) is 83.0 Å². The molecule has 1 N–H and O–H groups in total. The lowest BCUT2D eigenvalue weighted by atomic mass is 9.88. The lowest BCUT2D eigenvalue weighted by molar-refractivity contribution is -0.461. The highest BCUT2D eigenvalue weighted by Crippen LogP contribution is 2.64. The number of amides is 1. The van der Waals surface area contributed by atoms with Crippen LogP contribution >= 0.6 is 0 Å². The molecule has 0 spiro atoms. The number of allylic oxidation sites excluding steroid dienone is 2. The van der Waals surface area contributed by atoms with Crippen molar-refractivity contribution in [1.82, 2.24) is 0 Å². The third-order valence-corrected chi connectivity index (χ3v) is 16.8. The Kier molecular flexibility index (Phi) is 19.6. The Balaban J connectivity index is 2.37. The number of carbonyl (C=O) groups excluding carboxylic acids is 2. The van der Waals surface area contributed by atoms with Crippen LogP contribution in [-0.2, 0) is 18.7 Å². The molecule has 27 heteroatoms. The second-order valence-corrected chi connectivity index (χ2v) is 21.6. The molecule has 2 rings (SSSR count). The molecule has 0 saturated carbocycles. The van der Waals surface area contributed by atoms with Crippen LogP contribution in [0, 0.1) is 17.6 Å². The van der Waals surface area contributed by atoms with Gasteiger partial charge in [0.05, 0.1) is 18.9 Å². The normalized spacial score (nSPS) is 15.3. The van der Waals surface area contributed by atoms with Crippen molar-refractivity contribution in [3.63, 3.8) is 0 Å². The van der Waals surface area contributed by atoms with E-state index in [1.165, 1.54) is 58.0 Å². The fourth-order valence-corrected chi connectivity index (χ4v) is 11.4. The second kappa shape index (κ2) is 22.4. The SMILES string of the molecule is CCOC(=O)/C=C(C)/C=C(\C)[C@@H](C)[C@H](OC(=O)Nc1ccc(F)cc1F)c1ccc(OCCO[Si](CCC(F)(F)C(F)(F)C(F)(F)C(F)(F)C(F)(F)C(F)(F)C(F)(F)C(F)(F)F)(C(C)C)C(C)C)cc1. The lowest BCUT2D eigenvalue weighted by Crippen LogP contribution is -2.74. The highest BCUT2D eigenvalue weighted by molar-refractivity contribution is 6.76. The Morgan fingerprint density at radius 1 is 0.671 bits per heavy atom. The largest absolute Gasteiger partial charge is 0.491 e. The molecule has 0 aromatic heterocycles. The van der Waals surface area contributed by atoms with Crippen LogP contribution in [0.4, 0.5) is 93.9 Å². The number of ether oxygens (including phenoxy) is 3. The van der Waals surface area contributed by atoms with Crippen molar-refractivity contribution < 1.29 is 112 Å². The lowest BCUT2D eigenvalue weighted by Gasteiger charge is -2.44. The Morgan fingerprint density at radius 2 is 1.17 bits per heavy atom. The number of esters is 1. The summed E-state index contributed by atoms with van der Waals surface area (Å²) in [5.74, 6) is -60.3. The fourth-order valence-electron chi connectivity index (χ4n) is 6.95. The summed E-state index contributed by atoms with van der Waals surface area (Å²) in [6.45, 7) is 10.7. The van der Waals surface area contributed by atoms with Crippen molar-refractivity contribution in [3.8, 4) is 5.75 Å². The van der Waals surface area contributed by atoms with Gasteiger partial charge in [0.15, 0.2) is 8.32 Å². The number of rotatable bonds is 24. The Labute approximate surface area is 389 Å². The van der Waals surface area contributed by atoms with Crippen molar-refractivity contribution in [1.29, 1.82) is 0 Å². The summed E-state index contributed by atoms with van der Waals surface area (Å²) in [6, 6.07) is 6.42. The molecule has 2 atom stereocenters. The average Bonchev–Trinajstić information content (AvgIpc) is 3.22. The zero-order valence-electron chi connectivity index (χ0n) is 38.2. The first kappa shape index (κ1) is 61.4. The number of nitrogens with one attached hydrogen (secondary N) is 1. The predicted octanol–water partition coefficient (Wildman–Crippen LogP) is 14.9. The van der Waals surface area contributed by atoms with E-state index in [1.54, 1.807) is 33.8 Å². The van der Waals surface area contributed by atoms with E-state index in [4.69, 9.17) is 18.6 Å². The van der Waals surface area contributed by atoms with Crippen LogP contribution in [-0.4, -0.2) is 87.8 Å². The smallest absolute Gasteiger partial charge is 0.460 e. The Bertz CT molecular complexity index is 2150. The monoisotopic (exact) mass is 1060 g/mol. The predicted molar refractivity (Wildman–Crippen MR) is 216 cm³/mol. The van der Waals surface area contributed by atoms with Gasteiger partial charge < -0.3 is 18.6 Å². The standard InChI is InChI=1S/C43H48F19NO6Si/c1-9-66-33(64)21-25(6)20-26(7)27(8)34(69-35(65)63-32-15-12-29(44)22-31(32)45)28-10-13-30(14-11-28)67-17-18-68-70(23(2)3,24(4)5)19-16-36(46,47)37(48,49)38(50,51)39(52,53)40(54,55)41(56,57)42(58,59)43(60,61)62/h10-15,20-24,27,34H,9,16-19H2,1-8H3,(H,63,65)/b25-21+,26-20+/t27-,34+/m1/s1. The highest BCUT2D eigenvalue weighted by atomic mass is 28.4. The van der Waals surface area contributed by atoms with Gasteiger partial charge in [0, 0.05) is 24.5 Å². The maximum absolute atomic E-state index is 15.0. The molecule has 0 aliphatic heterocycles. The van der Waals surface area contributed by atoms with E-state index in [0.717, 1.165) is 12.1 Å². The van der Waals surface area contributed by atoms with Gasteiger partial charge in [-0.15, -0.1) is 0 Å². The van der Waals surface area contributed by atoms with Crippen LogP contribution < -0.4 is 10.1 Å². The molecule has 0 aliphatic rings. The van der Waals surface area contributed by atoms with E-state index in [2.05, 4.69) is 5.32 Å². The van der Waals surface area contributed by atoms with Crippen LogP contribution in [0.25, 0.3) is 0 Å². The van der Waals surface area contributed by atoms with Crippen LogP contribution in [0.15, 0.2) is 65.8 Å². The van der Waals surface area contributed by atoms with Crippen LogP contribution in [0.2, 0.25) is 17.1 Å². The highest BCUT2D eigenvalue weighted by Gasteiger charge is 2.95. The molecule has 2 aromatic carbocycles. The molecule has 2 aromatic rings. The van der Waals surface area contributed by atoms with E-state index < -0.39 is 134 Å². The number of benzene rings is 2. The quantitative estimate of drug-likeness (QED) is 0.0282.